The van der Waals surface area contributed by atoms with E-state index >= 15 is 0 Å². The van der Waals surface area contributed by atoms with Gasteiger partial charge in [-0.25, -0.2) is 0 Å². The number of nitrogens with zero attached hydrogens (tertiary/aromatic N) is 2. The molecule has 2 aliphatic heterocycles. The summed E-state index contributed by atoms with van der Waals surface area (Å²) in [6, 6.07) is 21.0. The molecule has 0 spiro atoms. The van der Waals surface area contributed by atoms with Gasteiger partial charge in [0.05, 0.1) is 22.7 Å². The minimum Gasteiger partial charge on any atom is -0.488 e. The van der Waals surface area contributed by atoms with Crippen molar-refractivity contribution in [1.82, 2.24) is 19.8 Å². The van der Waals surface area contributed by atoms with E-state index in [9.17, 15) is 9.59 Å². The monoisotopic (exact) mass is 630 g/mol. The van der Waals surface area contributed by atoms with E-state index < -0.39 is 0 Å². The van der Waals surface area contributed by atoms with E-state index in [4.69, 9.17) is 20.9 Å². The lowest BCUT2D eigenvalue weighted by molar-refractivity contribution is 0.163. The van der Waals surface area contributed by atoms with Crippen molar-refractivity contribution < 1.29 is 9.47 Å². The molecule has 2 saturated heterocycles. The van der Waals surface area contributed by atoms with Crippen LogP contribution in [0.1, 0.15) is 53.4 Å². The summed E-state index contributed by atoms with van der Waals surface area (Å²) < 4.78 is 15.2. The normalized spacial score (nSPS) is 14.7. The highest BCUT2D eigenvalue weighted by Gasteiger charge is 2.17. The lowest BCUT2D eigenvalue weighted by atomic mass is 10.1. The molecule has 0 radical (unpaired) electrons. The van der Waals surface area contributed by atoms with Crippen LogP contribution in [0.25, 0.3) is 11.4 Å². The molecule has 4 aromatic rings. The van der Waals surface area contributed by atoms with Gasteiger partial charge in [0, 0.05) is 36.7 Å². The van der Waals surface area contributed by atoms with Crippen LogP contribution in [0.3, 0.4) is 0 Å². The molecule has 46 heavy (non-hydrogen) atoms. The van der Waals surface area contributed by atoms with Gasteiger partial charge in [-0.2, -0.15) is 0 Å². The van der Waals surface area contributed by atoms with E-state index in [-0.39, 0.29) is 23.3 Å². The predicted octanol–water partition coefficient (Wildman–Crippen LogP) is 5.15. The van der Waals surface area contributed by atoms with Crippen LogP contribution in [-0.2, 0) is 0 Å². The van der Waals surface area contributed by atoms with Gasteiger partial charge >= 0.3 is 0 Å². The fourth-order valence-corrected chi connectivity index (χ4v) is 5.02. The largest absolute Gasteiger partial charge is 0.488 e. The summed E-state index contributed by atoms with van der Waals surface area (Å²) in [7, 11) is 0. The van der Waals surface area contributed by atoms with Gasteiger partial charge in [0.2, 0.25) is 0 Å². The summed E-state index contributed by atoms with van der Waals surface area (Å²) in [5.74, 6) is 1.30. The third-order valence-electron chi connectivity index (χ3n) is 7.36. The van der Waals surface area contributed by atoms with E-state index in [1.807, 2.05) is 64.1 Å². The van der Waals surface area contributed by atoms with E-state index in [0.717, 1.165) is 63.2 Å². The van der Waals surface area contributed by atoms with Crippen LogP contribution >= 0.6 is 0 Å². The molecular weight excluding hydrogens is 580 g/mol. The van der Waals surface area contributed by atoms with Crippen molar-refractivity contribution in [3.63, 3.8) is 0 Å². The second-order valence-electron chi connectivity index (χ2n) is 10.4. The molecule has 4 heterocycles. The van der Waals surface area contributed by atoms with Gasteiger partial charge in [0.25, 0.3) is 11.1 Å². The van der Waals surface area contributed by atoms with Crippen LogP contribution in [0.2, 0.25) is 0 Å². The van der Waals surface area contributed by atoms with Gasteiger partial charge in [-0.1, -0.05) is 39.8 Å². The predicted molar refractivity (Wildman–Crippen MR) is 189 cm³/mol. The number of pyridine rings is 2. The third-order valence-corrected chi connectivity index (χ3v) is 7.36. The van der Waals surface area contributed by atoms with Crippen LogP contribution in [0.4, 0.5) is 11.4 Å². The zero-order valence-corrected chi connectivity index (χ0v) is 27.6. The molecule has 0 amide bonds. The van der Waals surface area contributed by atoms with Crippen molar-refractivity contribution >= 4 is 11.4 Å². The molecule has 2 aromatic carbocycles. The van der Waals surface area contributed by atoms with Crippen molar-refractivity contribution in [3.05, 3.63) is 106 Å². The first-order chi connectivity index (χ1) is 22.5. The number of ether oxygens (including phenoxy) is 2. The first-order valence-corrected chi connectivity index (χ1v) is 16.4. The van der Waals surface area contributed by atoms with Gasteiger partial charge in [-0.15, -0.1) is 0 Å². The number of anilines is 2. The number of nitrogen functional groups attached to an aromatic ring is 2. The maximum Gasteiger partial charge on any atom is 0.255 e. The first kappa shape index (κ1) is 35.9. The number of nitrogens with two attached hydrogens (primary N) is 2. The topological polar surface area (TPSA) is 139 Å². The Morgan fingerprint density at radius 2 is 0.957 bits per heavy atom. The summed E-state index contributed by atoms with van der Waals surface area (Å²) in [6.07, 6.45) is 7.70. The highest BCUT2D eigenvalue weighted by Crippen LogP contribution is 2.28. The van der Waals surface area contributed by atoms with Crippen molar-refractivity contribution in [3.8, 4) is 22.9 Å². The summed E-state index contributed by atoms with van der Waals surface area (Å²) in [6.45, 7) is 11.8. The molecule has 0 saturated carbocycles. The fourth-order valence-electron chi connectivity index (χ4n) is 5.02. The molecule has 0 atom stereocenters. The minimum atomic E-state index is -0.0740. The molecule has 2 fully saturated rings. The van der Waals surface area contributed by atoms with E-state index in [2.05, 4.69) is 10.6 Å². The maximum absolute atomic E-state index is 11.9. The maximum atomic E-state index is 11.9. The molecule has 0 bridgehead atoms. The summed E-state index contributed by atoms with van der Waals surface area (Å²) >= 11 is 0. The molecule has 0 aliphatic carbocycles. The second-order valence-corrected chi connectivity index (χ2v) is 10.4. The lowest BCUT2D eigenvalue weighted by Crippen LogP contribution is -2.34. The lowest BCUT2D eigenvalue weighted by Gasteiger charge is -2.24. The smallest absolute Gasteiger partial charge is 0.255 e. The Kier molecular flexibility index (Phi) is 14.9. The number of hydrogen-bond donors (Lipinski definition) is 4. The highest BCUT2D eigenvalue weighted by molar-refractivity contribution is 5.58. The molecule has 6 rings (SSSR count). The standard InChI is InChI=1S/2C16H19N3O2.2C2H6/c2*17-14-5-4-12(19-10-2-1-3-16(19)20)11-15(14)21-13-6-8-18-9-7-13;2*1-2/h2*1-5,10-11,13,18H,6-9,17H2;2*1-2H3. The number of benzene rings is 2. The van der Waals surface area contributed by atoms with Gasteiger partial charge in [-0.05, 0) is 88.3 Å². The first-order valence-electron chi connectivity index (χ1n) is 16.4. The molecule has 248 valence electrons. The van der Waals surface area contributed by atoms with E-state index in [1.165, 1.54) is 12.1 Å². The second kappa shape index (κ2) is 19.1. The number of aromatic nitrogens is 2. The minimum absolute atomic E-state index is 0.0740. The summed E-state index contributed by atoms with van der Waals surface area (Å²) in [5, 5.41) is 6.61. The van der Waals surface area contributed by atoms with Crippen molar-refractivity contribution in [2.75, 3.05) is 37.6 Å². The highest BCUT2D eigenvalue weighted by atomic mass is 16.5. The Morgan fingerprint density at radius 3 is 1.30 bits per heavy atom. The van der Waals surface area contributed by atoms with Crippen LogP contribution in [0.15, 0.2) is 94.8 Å². The average molecular weight is 631 g/mol. The Balaban J connectivity index is 0.000000226. The fraction of sp³-hybridized carbons (Fsp3) is 0.389. The van der Waals surface area contributed by atoms with Crippen LogP contribution in [0, 0.1) is 0 Å². The van der Waals surface area contributed by atoms with Gasteiger partial charge in [-0.3, -0.25) is 18.7 Å². The summed E-state index contributed by atoms with van der Waals surface area (Å²) in [4.78, 5) is 23.8. The average Bonchev–Trinajstić information content (AvgIpc) is 3.10. The molecule has 10 heteroatoms. The molecule has 0 unspecified atom stereocenters. The van der Waals surface area contributed by atoms with Crippen molar-refractivity contribution in [1.29, 1.82) is 0 Å². The third kappa shape index (κ3) is 10.3. The van der Waals surface area contributed by atoms with Crippen LogP contribution in [-0.4, -0.2) is 47.5 Å². The van der Waals surface area contributed by atoms with Crippen LogP contribution in [0.5, 0.6) is 11.5 Å². The molecule has 2 aliphatic rings. The van der Waals surface area contributed by atoms with Crippen LogP contribution < -0.4 is 42.7 Å². The zero-order valence-electron chi connectivity index (χ0n) is 27.6. The Bertz CT molecular complexity index is 1470. The van der Waals surface area contributed by atoms with Crippen molar-refractivity contribution in [2.24, 2.45) is 0 Å². The van der Waals surface area contributed by atoms with Crippen molar-refractivity contribution in [2.45, 2.75) is 65.6 Å². The molecule has 10 nitrogen and oxygen atoms in total. The number of rotatable bonds is 6. The SMILES string of the molecule is CC.CC.Nc1ccc(-n2ccccc2=O)cc1OC1CCNCC1.Nc1ccc(-n2ccccc2=O)cc1OC1CCNCC1. The van der Waals surface area contributed by atoms with Gasteiger partial charge < -0.3 is 31.6 Å². The Hall–Kier alpha value is -4.54. The zero-order chi connectivity index (χ0) is 33.3. The number of piperidine rings is 2. The molecule has 6 N–H and O–H groups in total. The van der Waals surface area contributed by atoms with Gasteiger partial charge in [0.15, 0.2) is 0 Å². The van der Waals surface area contributed by atoms with E-state index in [0.29, 0.717) is 22.9 Å². The Labute approximate surface area is 272 Å². The quantitative estimate of drug-likeness (QED) is 0.215. The molecular formula is C36H50N6O4. The molecule has 2 aromatic heterocycles. The van der Waals surface area contributed by atoms with Gasteiger partial charge in [0.1, 0.15) is 23.7 Å². The summed E-state index contributed by atoms with van der Waals surface area (Å²) in [5.41, 5.74) is 14.6. The number of nitrogens with one attached hydrogen (secondary N) is 2. The Morgan fingerprint density at radius 1 is 0.587 bits per heavy atom. The van der Waals surface area contributed by atoms with E-state index in [1.54, 1.807) is 45.8 Å². The number of hydrogen-bond acceptors (Lipinski definition) is 8.